The van der Waals surface area contributed by atoms with Gasteiger partial charge in [0.2, 0.25) is 0 Å². The number of carboxylic acids is 1. The standard InChI is InChI=1S/C24H19FN2O2/c1-2-26-21-6-4-3-5-18(21)15-7-9-16(10-8-15)23-14-20(24(28)29)19-13-17(25)11-12-22(19)27-23/h3-14,26H,2H2,1H3,(H,28,29). The molecule has 2 N–H and O–H groups in total. The molecule has 0 spiro atoms. The summed E-state index contributed by atoms with van der Waals surface area (Å²) in [5, 5.41) is 13.2. The fourth-order valence-corrected chi connectivity index (χ4v) is 3.42. The fraction of sp³-hybridized carbons (Fsp3) is 0.0833. The topological polar surface area (TPSA) is 62.2 Å². The van der Waals surface area contributed by atoms with E-state index in [1.54, 1.807) is 0 Å². The Kier molecular flexibility index (Phi) is 4.96. The third kappa shape index (κ3) is 3.67. The summed E-state index contributed by atoms with van der Waals surface area (Å²) in [7, 11) is 0. The van der Waals surface area contributed by atoms with Crippen LogP contribution in [-0.2, 0) is 0 Å². The number of para-hydroxylation sites is 1. The summed E-state index contributed by atoms with van der Waals surface area (Å²) in [4.78, 5) is 16.2. The Bertz CT molecular complexity index is 1200. The maximum absolute atomic E-state index is 13.6. The zero-order valence-corrected chi connectivity index (χ0v) is 15.8. The number of rotatable bonds is 5. The molecule has 3 aromatic carbocycles. The molecule has 144 valence electrons. The van der Waals surface area contributed by atoms with Crippen LogP contribution >= 0.6 is 0 Å². The molecule has 1 heterocycles. The van der Waals surface area contributed by atoms with E-state index in [0.29, 0.717) is 11.2 Å². The summed E-state index contributed by atoms with van der Waals surface area (Å²) in [6, 6.07) is 21.4. The van der Waals surface area contributed by atoms with Crippen molar-refractivity contribution in [1.82, 2.24) is 4.98 Å². The molecule has 4 aromatic rings. The average Bonchev–Trinajstić information content (AvgIpc) is 2.74. The van der Waals surface area contributed by atoms with Crippen LogP contribution in [-0.4, -0.2) is 22.6 Å². The van der Waals surface area contributed by atoms with Crippen molar-refractivity contribution < 1.29 is 14.3 Å². The molecule has 0 aliphatic heterocycles. The number of aromatic carboxylic acids is 1. The van der Waals surface area contributed by atoms with Crippen molar-refractivity contribution in [3.8, 4) is 22.4 Å². The molecule has 0 amide bonds. The molecule has 5 heteroatoms. The zero-order valence-electron chi connectivity index (χ0n) is 15.8. The molecule has 29 heavy (non-hydrogen) atoms. The average molecular weight is 386 g/mol. The molecule has 0 saturated heterocycles. The Balaban J connectivity index is 1.78. The van der Waals surface area contributed by atoms with Crippen molar-refractivity contribution in [1.29, 1.82) is 0 Å². The van der Waals surface area contributed by atoms with E-state index in [4.69, 9.17) is 0 Å². The number of nitrogens with zero attached hydrogens (tertiary/aromatic N) is 1. The van der Waals surface area contributed by atoms with Gasteiger partial charge in [0.25, 0.3) is 0 Å². The van der Waals surface area contributed by atoms with Crippen molar-refractivity contribution in [2.75, 3.05) is 11.9 Å². The lowest BCUT2D eigenvalue weighted by Gasteiger charge is -2.12. The Labute approximate surface area is 167 Å². The van der Waals surface area contributed by atoms with Gasteiger partial charge in [-0.05, 0) is 42.8 Å². The predicted octanol–water partition coefficient (Wildman–Crippen LogP) is 5.84. The van der Waals surface area contributed by atoms with Crippen molar-refractivity contribution in [2.24, 2.45) is 0 Å². The van der Waals surface area contributed by atoms with E-state index in [-0.39, 0.29) is 10.9 Å². The van der Waals surface area contributed by atoms with E-state index >= 15 is 0 Å². The lowest BCUT2D eigenvalue weighted by Crippen LogP contribution is -2.01. The van der Waals surface area contributed by atoms with Crippen LogP contribution in [0.5, 0.6) is 0 Å². The number of carboxylic acid groups (broad SMARTS) is 1. The normalized spacial score (nSPS) is 10.8. The van der Waals surface area contributed by atoms with Gasteiger partial charge in [-0.1, -0.05) is 42.5 Å². The van der Waals surface area contributed by atoms with Crippen LogP contribution in [0.25, 0.3) is 33.3 Å². The smallest absolute Gasteiger partial charge is 0.336 e. The highest BCUT2D eigenvalue weighted by Gasteiger charge is 2.14. The van der Waals surface area contributed by atoms with Crippen LogP contribution < -0.4 is 5.32 Å². The summed E-state index contributed by atoms with van der Waals surface area (Å²) in [5.41, 5.74) is 5.01. The van der Waals surface area contributed by atoms with E-state index in [2.05, 4.69) is 23.3 Å². The fourth-order valence-electron chi connectivity index (χ4n) is 3.42. The van der Waals surface area contributed by atoms with Crippen LogP contribution in [0.3, 0.4) is 0 Å². The molecule has 0 saturated carbocycles. The number of carbonyl (C=O) groups is 1. The Hall–Kier alpha value is -3.73. The van der Waals surface area contributed by atoms with Crippen molar-refractivity contribution in [3.63, 3.8) is 0 Å². The van der Waals surface area contributed by atoms with Gasteiger partial charge in [-0.15, -0.1) is 0 Å². The molecule has 0 radical (unpaired) electrons. The van der Waals surface area contributed by atoms with Crippen LogP contribution in [0.2, 0.25) is 0 Å². The van der Waals surface area contributed by atoms with E-state index < -0.39 is 11.8 Å². The number of hydrogen-bond acceptors (Lipinski definition) is 3. The van der Waals surface area contributed by atoms with Gasteiger partial charge in [0, 0.05) is 28.7 Å². The predicted molar refractivity (Wildman–Crippen MR) is 114 cm³/mol. The van der Waals surface area contributed by atoms with Gasteiger partial charge in [0.15, 0.2) is 0 Å². The third-order valence-electron chi connectivity index (χ3n) is 4.79. The van der Waals surface area contributed by atoms with Gasteiger partial charge in [0.1, 0.15) is 5.82 Å². The number of fused-ring (bicyclic) bond motifs is 1. The summed E-state index contributed by atoms with van der Waals surface area (Å²) in [6.07, 6.45) is 0. The third-order valence-corrected chi connectivity index (χ3v) is 4.79. The molecule has 0 aliphatic rings. The van der Waals surface area contributed by atoms with Crippen LogP contribution in [0.15, 0.2) is 72.8 Å². The number of nitrogens with one attached hydrogen (secondary N) is 1. The minimum absolute atomic E-state index is 0.0334. The first-order chi connectivity index (χ1) is 14.1. The molecule has 4 nitrogen and oxygen atoms in total. The van der Waals surface area contributed by atoms with Gasteiger partial charge < -0.3 is 10.4 Å². The van der Waals surface area contributed by atoms with Gasteiger partial charge >= 0.3 is 5.97 Å². The monoisotopic (exact) mass is 386 g/mol. The molecule has 1 aromatic heterocycles. The van der Waals surface area contributed by atoms with Crippen molar-refractivity contribution >= 4 is 22.6 Å². The zero-order chi connectivity index (χ0) is 20.4. The minimum Gasteiger partial charge on any atom is -0.478 e. The Morgan fingerprint density at radius 1 is 1.00 bits per heavy atom. The summed E-state index contributed by atoms with van der Waals surface area (Å²) >= 11 is 0. The van der Waals surface area contributed by atoms with E-state index in [9.17, 15) is 14.3 Å². The van der Waals surface area contributed by atoms with E-state index in [0.717, 1.165) is 28.9 Å². The second-order valence-corrected chi connectivity index (χ2v) is 6.67. The molecule has 0 unspecified atom stereocenters. The number of aromatic nitrogens is 1. The van der Waals surface area contributed by atoms with Crippen LogP contribution in [0.4, 0.5) is 10.1 Å². The van der Waals surface area contributed by atoms with Crippen molar-refractivity contribution in [3.05, 3.63) is 84.2 Å². The minimum atomic E-state index is -1.11. The van der Waals surface area contributed by atoms with Crippen LogP contribution in [0.1, 0.15) is 17.3 Å². The molecule has 4 rings (SSSR count). The maximum atomic E-state index is 13.6. The second-order valence-electron chi connectivity index (χ2n) is 6.67. The van der Waals surface area contributed by atoms with Crippen LogP contribution in [0, 0.1) is 5.82 Å². The van der Waals surface area contributed by atoms with E-state index in [1.165, 1.54) is 24.3 Å². The Morgan fingerprint density at radius 3 is 2.45 bits per heavy atom. The van der Waals surface area contributed by atoms with Gasteiger partial charge in [-0.25, -0.2) is 14.2 Å². The molecular weight excluding hydrogens is 367 g/mol. The summed E-state index contributed by atoms with van der Waals surface area (Å²) in [5.74, 6) is -1.60. The second kappa shape index (κ2) is 7.72. The quantitative estimate of drug-likeness (QED) is 0.452. The first-order valence-corrected chi connectivity index (χ1v) is 9.34. The lowest BCUT2D eigenvalue weighted by molar-refractivity contribution is 0.0699. The van der Waals surface area contributed by atoms with Gasteiger partial charge in [-0.3, -0.25) is 0 Å². The highest BCUT2D eigenvalue weighted by atomic mass is 19.1. The van der Waals surface area contributed by atoms with Gasteiger partial charge in [-0.2, -0.15) is 0 Å². The lowest BCUT2D eigenvalue weighted by atomic mass is 9.99. The molecule has 0 bridgehead atoms. The number of benzene rings is 3. The van der Waals surface area contributed by atoms with Crippen molar-refractivity contribution in [2.45, 2.75) is 6.92 Å². The number of pyridine rings is 1. The SMILES string of the molecule is CCNc1ccccc1-c1ccc(-c2cc(C(=O)O)c3cc(F)ccc3n2)cc1. The molecule has 0 fully saturated rings. The summed E-state index contributed by atoms with van der Waals surface area (Å²) < 4.78 is 13.6. The van der Waals surface area contributed by atoms with E-state index in [1.807, 2.05) is 42.5 Å². The highest BCUT2D eigenvalue weighted by molar-refractivity contribution is 6.03. The highest BCUT2D eigenvalue weighted by Crippen LogP contribution is 2.31. The number of hydrogen-bond donors (Lipinski definition) is 2. The Morgan fingerprint density at radius 2 is 1.72 bits per heavy atom. The number of halogens is 1. The molecule has 0 aliphatic carbocycles. The molecule has 0 atom stereocenters. The maximum Gasteiger partial charge on any atom is 0.336 e. The summed E-state index contributed by atoms with van der Waals surface area (Å²) in [6.45, 7) is 2.88. The van der Waals surface area contributed by atoms with Gasteiger partial charge in [0.05, 0.1) is 16.8 Å². The largest absolute Gasteiger partial charge is 0.478 e. The first-order valence-electron chi connectivity index (χ1n) is 9.34. The number of anilines is 1. The molecular formula is C24H19FN2O2. The first kappa shape index (κ1) is 18.6.